The van der Waals surface area contributed by atoms with E-state index in [-0.39, 0.29) is 49.5 Å². The van der Waals surface area contributed by atoms with Crippen molar-refractivity contribution in [2.45, 2.75) is 180 Å². The molecule has 0 aromatic carbocycles. The van der Waals surface area contributed by atoms with Crippen molar-refractivity contribution in [2.24, 2.45) is 29.6 Å². The molecule has 58 heavy (non-hydrogen) atoms. The molecule has 13 heteroatoms. The summed E-state index contributed by atoms with van der Waals surface area (Å²) in [5.41, 5.74) is 1.68. The maximum Gasteiger partial charge on any atom is 0.329 e. The number of esters is 1. The smallest absolute Gasteiger partial charge is 0.329 e. The Labute approximate surface area is 346 Å². The zero-order chi connectivity index (χ0) is 42.9. The molecule has 3 aliphatic heterocycles. The second-order valence-electron chi connectivity index (χ2n) is 17.9. The van der Waals surface area contributed by atoms with Crippen molar-refractivity contribution in [1.29, 1.82) is 0 Å². The second-order valence-corrected chi connectivity index (χ2v) is 17.9. The third-order valence-electron chi connectivity index (χ3n) is 13.3. The van der Waals surface area contributed by atoms with Crippen molar-refractivity contribution in [3.8, 4) is 0 Å². The molecular weight excluding hydrogens is 746 g/mol. The summed E-state index contributed by atoms with van der Waals surface area (Å²) in [6, 6.07) is -1.13. The maximum absolute atomic E-state index is 14.3. The summed E-state index contributed by atoms with van der Waals surface area (Å²) in [5.74, 6) is -7.44. The number of aliphatic hydroxyl groups excluding tert-OH is 2. The van der Waals surface area contributed by atoms with Crippen LogP contribution in [-0.2, 0) is 42.9 Å². The number of hydrogen-bond acceptors (Lipinski definition) is 12. The highest BCUT2D eigenvalue weighted by Crippen LogP contribution is 2.39. The molecule has 14 atom stereocenters. The summed E-state index contributed by atoms with van der Waals surface area (Å²) in [6.07, 6.45) is 5.63. The van der Waals surface area contributed by atoms with E-state index >= 15 is 0 Å². The van der Waals surface area contributed by atoms with Crippen molar-refractivity contribution in [3.05, 3.63) is 23.3 Å². The fourth-order valence-electron chi connectivity index (χ4n) is 9.71. The Morgan fingerprint density at radius 3 is 2.24 bits per heavy atom. The summed E-state index contributed by atoms with van der Waals surface area (Å²) in [4.78, 5) is 58.1. The SMILES string of the molecule is CCCC[C@@H]1/C=C(\C)C[C@H](C)C[C@H](OC)[C@H]2O[C@@](O)(C(=O)C(=O)N3CCCC[C@H]3C(=O)O[C@H](/C(C)=C/[C@@H]3CC[C@@H](O)[C@H](OC)C3)[C@H](C)[C@@H](O)CC1=O)[C@H](C)C[C@@H]2OC. The molecule has 3 heterocycles. The number of rotatable bonds is 8. The molecule has 2 saturated heterocycles. The van der Waals surface area contributed by atoms with Crippen molar-refractivity contribution < 1.29 is 58.2 Å². The molecule has 1 saturated carbocycles. The molecule has 4 rings (SSSR count). The van der Waals surface area contributed by atoms with E-state index in [9.17, 15) is 34.5 Å². The topological polar surface area (TPSA) is 178 Å². The number of fused-ring (bicyclic) bond motifs is 3. The lowest BCUT2D eigenvalue weighted by Gasteiger charge is -2.47. The summed E-state index contributed by atoms with van der Waals surface area (Å²) in [7, 11) is 4.64. The monoisotopic (exact) mass is 820 g/mol. The first-order valence-corrected chi connectivity index (χ1v) is 21.8. The number of allylic oxidation sites excluding steroid dienone is 3. The van der Waals surface area contributed by atoms with E-state index in [0.29, 0.717) is 56.9 Å². The third-order valence-corrected chi connectivity index (χ3v) is 13.3. The van der Waals surface area contributed by atoms with Crippen molar-refractivity contribution in [3.63, 3.8) is 0 Å². The van der Waals surface area contributed by atoms with E-state index < -0.39 is 83.9 Å². The van der Waals surface area contributed by atoms with Crippen LogP contribution in [0.4, 0.5) is 0 Å². The van der Waals surface area contributed by atoms with Gasteiger partial charge in [0.15, 0.2) is 0 Å². The van der Waals surface area contributed by atoms with E-state index in [4.69, 9.17) is 23.7 Å². The van der Waals surface area contributed by atoms with Crippen molar-refractivity contribution >= 4 is 23.4 Å². The van der Waals surface area contributed by atoms with Gasteiger partial charge in [-0.05, 0) is 95.5 Å². The Morgan fingerprint density at radius 1 is 0.914 bits per heavy atom. The third kappa shape index (κ3) is 11.6. The lowest BCUT2D eigenvalue weighted by atomic mass is 9.81. The minimum atomic E-state index is -2.50. The average Bonchev–Trinajstić information content (AvgIpc) is 3.20. The largest absolute Gasteiger partial charge is 0.456 e. The fraction of sp³-hybridized carbons (Fsp3) is 0.822. The number of unbranched alkanes of at least 4 members (excludes halogenated alkanes) is 1. The highest BCUT2D eigenvalue weighted by Gasteiger charge is 2.56. The van der Waals surface area contributed by atoms with Gasteiger partial charge in [-0.25, -0.2) is 4.79 Å². The zero-order valence-electron chi connectivity index (χ0n) is 36.5. The van der Waals surface area contributed by atoms with Gasteiger partial charge in [-0.3, -0.25) is 14.4 Å². The minimum absolute atomic E-state index is 0.0000562. The van der Waals surface area contributed by atoms with E-state index in [0.717, 1.165) is 18.4 Å². The number of carbonyl (C=O) groups is 4. The Hall–Kier alpha value is -2.52. The van der Waals surface area contributed by atoms with Crippen LogP contribution < -0.4 is 0 Å². The predicted molar refractivity (Wildman–Crippen MR) is 217 cm³/mol. The molecule has 1 aliphatic carbocycles. The van der Waals surface area contributed by atoms with E-state index in [1.54, 1.807) is 21.0 Å². The van der Waals surface area contributed by atoms with Crippen LogP contribution in [0, 0.1) is 29.6 Å². The fourth-order valence-corrected chi connectivity index (χ4v) is 9.71. The van der Waals surface area contributed by atoms with Crippen LogP contribution in [0.1, 0.15) is 125 Å². The van der Waals surface area contributed by atoms with E-state index in [1.165, 1.54) is 19.1 Å². The van der Waals surface area contributed by atoms with Crippen LogP contribution in [0.3, 0.4) is 0 Å². The average molecular weight is 820 g/mol. The highest BCUT2D eigenvalue weighted by molar-refractivity contribution is 6.39. The van der Waals surface area contributed by atoms with Crippen LogP contribution in [-0.4, -0.2) is 126 Å². The number of amides is 1. The molecule has 0 aromatic rings. The van der Waals surface area contributed by atoms with Crippen LogP contribution in [0.2, 0.25) is 0 Å². The summed E-state index contributed by atoms with van der Waals surface area (Å²) >= 11 is 0. The Balaban J connectivity index is 1.78. The van der Waals surface area contributed by atoms with Gasteiger partial charge in [0.2, 0.25) is 5.79 Å². The first kappa shape index (κ1) is 48.1. The molecule has 0 spiro atoms. The van der Waals surface area contributed by atoms with Gasteiger partial charge >= 0.3 is 5.97 Å². The van der Waals surface area contributed by atoms with Gasteiger partial charge in [0, 0.05) is 52.0 Å². The number of methoxy groups -OCH3 is 3. The van der Waals surface area contributed by atoms with Gasteiger partial charge in [0.1, 0.15) is 24.0 Å². The van der Waals surface area contributed by atoms with Crippen molar-refractivity contribution in [2.75, 3.05) is 27.9 Å². The highest BCUT2D eigenvalue weighted by atomic mass is 16.7. The van der Waals surface area contributed by atoms with Crippen LogP contribution in [0.5, 0.6) is 0 Å². The molecule has 1 amide bonds. The quantitative estimate of drug-likeness (QED) is 0.165. The zero-order valence-corrected chi connectivity index (χ0v) is 36.5. The molecule has 3 fully saturated rings. The molecule has 0 radical (unpaired) electrons. The van der Waals surface area contributed by atoms with Gasteiger partial charge in [-0.1, -0.05) is 58.3 Å². The summed E-state index contributed by atoms with van der Waals surface area (Å²) in [5, 5.41) is 34.3. The van der Waals surface area contributed by atoms with Crippen LogP contribution in [0.15, 0.2) is 23.3 Å². The second kappa shape index (κ2) is 21.8. The number of ether oxygens (including phenoxy) is 5. The predicted octanol–water partition coefficient (Wildman–Crippen LogP) is 5.25. The standard InChI is InChI=1S/C45H73NO12/c1-10-11-14-32-20-26(2)19-27(3)21-38(55-8)41-39(56-9)23-29(5)45(53,58-41)42(50)43(51)46-18-13-12-15-33(46)44(52)57-40(30(6)35(48)25-36(32)49)28(4)22-31-16-17-34(47)37(24-31)54-7/h20,22,27,29-35,37-41,47-48,53H,10-19,21,23-25H2,1-9H3/b26-20+,28-22+/t27-,29+,30+,31-,32+,33-,34+,35-,37+,38-,39-,40+,41+,45+/m0/s1. The first-order valence-electron chi connectivity index (χ1n) is 21.8. The summed E-state index contributed by atoms with van der Waals surface area (Å²) < 4.78 is 29.9. The number of piperidine rings is 1. The minimum Gasteiger partial charge on any atom is -0.456 e. The van der Waals surface area contributed by atoms with E-state index in [1.807, 2.05) is 26.0 Å². The molecule has 13 nitrogen and oxygen atoms in total. The molecule has 330 valence electrons. The molecule has 0 unspecified atom stereocenters. The number of aliphatic hydroxyl groups is 3. The van der Waals surface area contributed by atoms with Crippen LogP contribution in [0.25, 0.3) is 0 Å². The van der Waals surface area contributed by atoms with Gasteiger partial charge < -0.3 is 43.9 Å². The molecule has 3 N–H and O–H groups in total. The molecule has 0 aromatic heterocycles. The lowest BCUT2D eigenvalue weighted by Crippen LogP contribution is -2.64. The van der Waals surface area contributed by atoms with Gasteiger partial charge in [-0.15, -0.1) is 0 Å². The number of nitrogens with zero attached hydrogens (tertiary/aromatic N) is 1. The summed E-state index contributed by atoms with van der Waals surface area (Å²) in [6.45, 7) is 11.5. The van der Waals surface area contributed by atoms with Crippen molar-refractivity contribution in [1.82, 2.24) is 4.90 Å². The first-order chi connectivity index (χ1) is 27.5. The molecule has 2 bridgehead atoms. The Bertz CT molecular complexity index is 1460. The number of cyclic esters (lactones) is 1. The van der Waals surface area contributed by atoms with E-state index in [2.05, 4.69) is 13.8 Å². The lowest BCUT2D eigenvalue weighted by molar-refractivity contribution is -0.302. The van der Waals surface area contributed by atoms with Gasteiger partial charge in [0.25, 0.3) is 11.7 Å². The van der Waals surface area contributed by atoms with Crippen LogP contribution >= 0.6 is 0 Å². The number of ketones is 2. The van der Waals surface area contributed by atoms with Gasteiger partial charge in [0.05, 0.1) is 30.5 Å². The Morgan fingerprint density at radius 2 is 1.59 bits per heavy atom. The number of carbonyl (C=O) groups excluding carboxylic acids is 4. The maximum atomic E-state index is 14.3. The molecule has 4 aliphatic rings. The van der Waals surface area contributed by atoms with Gasteiger partial charge in [-0.2, -0.15) is 0 Å². The Kier molecular flexibility index (Phi) is 18.1. The normalized spacial score (nSPS) is 40.6. The molecular formula is C45H73NO12. The number of hydrogen-bond donors (Lipinski definition) is 3. The number of Topliss-reactive ketones (excluding diaryl/α,β-unsaturated/α-hetero) is 2.